The molecule has 0 saturated heterocycles. The summed E-state index contributed by atoms with van der Waals surface area (Å²) in [6.45, 7) is 2.33. The van der Waals surface area contributed by atoms with Crippen LogP contribution in [-0.4, -0.2) is 16.7 Å². The molecule has 0 aliphatic heterocycles. The van der Waals surface area contributed by atoms with Gasteiger partial charge < -0.3 is 11.1 Å². The summed E-state index contributed by atoms with van der Waals surface area (Å²) in [6.07, 6.45) is 7.37. The van der Waals surface area contributed by atoms with Crippen molar-refractivity contribution in [2.24, 2.45) is 5.92 Å². The van der Waals surface area contributed by atoms with Crippen LogP contribution in [0, 0.1) is 5.92 Å². The standard InChI is InChI=1S/C11H19N3S2/c1-7-5-3-4-6-8(7)13-11-9(15-2)10(12)14-16-11/h7-8,13H,3-6H2,1-2H3,(H2,12,14). The van der Waals surface area contributed by atoms with Gasteiger partial charge in [0.15, 0.2) is 5.82 Å². The topological polar surface area (TPSA) is 50.9 Å². The van der Waals surface area contributed by atoms with E-state index in [1.807, 2.05) is 0 Å². The van der Waals surface area contributed by atoms with Gasteiger partial charge in [0.2, 0.25) is 0 Å². The molecule has 0 bridgehead atoms. The highest BCUT2D eigenvalue weighted by Crippen LogP contribution is 2.37. The van der Waals surface area contributed by atoms with Crippen molar-refractivity contribution in [1.82, 2.24) is 4.37 Å². The summed E-state index contributed by atoms with van der Waals surface area (Å²) in [5, 5.41) is 4.78. The van der Waals surface area contributed by atoms with Crippen molar-refractivity contribution in [1.29, 1.82) is 0 Å². The highest BCUT2D eigenvalue weighted by atomic mass is 32.2. The molecule has 1 aliphatic rings. The average Bonchev–Trinajstić information content (AvgIpc) is 2.63. The molecule has 90 valence electrons. The Morgan fingerprint density at radius 1 is 1.44 bits per heavy atom. The van der Waals surface area contributed by atoms with Gasteiger partial charge in [-0.1, -0.05) is 19.8 Å². The van der Waals surface area contributed by atoms with Crippen molar-refractivity contribution in [2.45, 2.75) is 43.5 Å². The van der Waals surface area contributed by atoms with Gasteiger partial charge in [-0.15, -0.1) is 11.8 Å². The van der Waals surface area contributed by atoms with Gasteiger partial charge in [-0.3, -0.25) is 0 Å². The van der Waals surface area contributed by atoms with Crippen LogP contribution in [0.15, 0.2) is 4.90 Å². The fraction of sp³-hybridized carbons (Fsp3) is 0.727. The van der Waals surface area contributed by atoms with E-state index in [1.54, 1.807) is 11.8 Å². The summed E-state index contributed by atoms with van der Waals surface area (Å²) in [6, 6.07) is 0.597. The lowest BCUT2D eigenvalue weighted by Gasteiger charge is -2.29. The van der Waals surface area contributed by atoms with Crippen LogP contribution in [0.1, 0.15) is 32.6 Å². The van der Waals surface area contributed by atoms with Gasteiger partial charge in [0, 0.05) is 6.04 Å². The Hall–Kier alpha value is -0.420. The van der Waals surface area contributed by atoms with Gasteiger partial charge in [-0.05, 0) is 36.5 Å². The maximum Gasteiger partial charge on any atom is 0.153 e. The summed E-state index contributed by atoms with van der Waals surface area (Å²) in [4.78, 5) is 1.11. The van der Waals surface area contributed by atoms with E-state index < -0.39 is 0 Å². The minimum Gasteiger partial charge on any atom is -0.382 e. The lowest BCUT2D eigenvalue weighted by Crippen LogP contribution is -2.30. The van der Waals surface area contributed by atoms with Crippen molar-refractivity contribution in [3.8, 4) is 0 Å². The number of anilines is 2. The van der Waals surface area contributed by atoms with Crippen LogP contribution in [-0.2, 0) is 0 Å². The van der Waals surface area contributed by atoms with Crippen LogP contribution in [0.5, 0.6) is 0 Å². The predicted molar refractivity (Wildman–Crippen MR) is 73.4 cm³/mol. The second kappa shape index (κ2) is 5.27. The number of hydrogen-bond acceptors (Lipinski definition) is 5. The van der Waals surface area contributed by atoms with Gasteiger partial charge in [-0.2, -0.15) is 4.37 Å². The fourth-order valence-electron chi connectivity index (χ4n) is 2.28. The van der Waals surface area contributed by atoms with E-state index in [0.29, 0.717) is 11.9 Å². The predicted octanol–water partition coefficient (Wildman–Crippen LogP) is 3.44. The zero-order valence-electron chi connectivity index (χ0n) is 9.82. The Bertz CT molecular complexity index is 351. The molecule has 0 aromatic carbocycles. The second-order valence-electron chi connectivity index (χ2n) is 4.44. The third-order valence-electron chi connectivity index (χ3n) is 3.31. The second-order valence-corrected chi connectivity index (χ2v) is 6.03. The molecule has 3 nitrogen and oxygen atoms in total. The largest absolute Gasteiger partial charge is 0.382 e. The first-order valence-corrected chi connectivity index (χ1v) is 7.78. The number of nitrogens with zero attached hydrogens (tertiary/aromatic N) is 1. The number of nitrogens with one attached hydrogen (secondary N) is 1. The molecule has 16 heavy (non-hydrogen) atoms. The van der Waals surface area contributed by atoms with Crippen LogP contribution >= 0.6 is 23.3 Å². The minimum absolute atomic E-state index is 0.597. The first-order chi connectivity index (χ1) is 7.72. The van der Waals surface area contributed by atoms with E-state index in [1.165, 1.54) is 37.2 Å². The third-order valence-corrected chi connectivity index (χ3v) is 5.05. The molecule has 1 fully saturated rings. The van der Waals surface area contributed by atoms with Crippen LogP contribution in [0.4, 0.5) is 10.8 Å². The van der Waals surface area contributed by atoms with Gasteiger partial charge in [0.25, 0.3) is 0 Å². The lowest BCUT2D eigenvalue weighted by atomic mass is 9.86. The Morgan fingerprint density at radius 2 is 2.19 bits per heavy atom. The fourth-order valence-corrected chi connectivity index (χ4v) is 3.87. The maximum atomic E-state index is 5.83. The van der Waals surface area contributed by atoms with Crippen LogP contribution in [0.2, 0.25) is 0 Å². The highest BCUT2D eigenvalue weighted by Gasteiger charge is 2.23. The van der Waals surface area contributed by atoms with Crippen molar-refractivity contribution >= 4 is 34.1 Å². The summed E-state index contributed by atoms with van der Waals surface area (Å²) >= 11 is 3.17. The van der Waals surface area contributed by atoms with Crippen LogP contribution in [0.3, 0.4) is 0 Å². The molecular formula is C11H19N3S2. The van der Waals surface area contributed by atoms with E-state index in [2.05, 4.69) is 22.9 Å². The number of thioether (sulfide) groups is 1. The molecule has 1 aromatic heterocycles. The molecule has 5 heteroatoms. The van der Waals surface area contributed by atoms with Crippen molar-refractivity contribution in [3.63, 3.8) is 0 Å². The highest BCUT2D eigenvalue weighted by molar-refractivity contribution is 7.99. The Balaban J connectivity index is 2.07. The van der Waals surface area contributed by atoms with E-state index in [-0.39, 0.29) is 0 Å². The minimum atomic E-state index is 0.597. The Morgan fingerprint density at radius 3 is 2.88 bits per heavy atom. The zero-order valence-corrected chi connectivity index (χ0v) is 11.5. The van der Waals surface area contributed by atoms with Crippen LogP contribution in [0.25, 0.3) is 0 Å². The molecule has 0 spiro atoms. The zero-order chi connectivity index (χ0) is 11.5. The first kappa shape index (κ1) is 12.0. The molecule has 1 heterocycles. The van der Waals surface area contributed by atoms with Gasteiger partial charge in [0.05, 0.1) is 4.90 Å². The number of nitrogens with two attached hydrogens (primary N) is 1. The third kappa shape index (κ3) is 2.46. The van der Waals surface area contributed by atoms with Gasteiger partial charge in [0.1, 0.15) is 5.00 Å². The molecule has 1 aromatic rings. The van der Waals surface area contributed by atoms with Gasteiger partial charge in [-0.25, -0.2) is 0 Å². The quantitative estimate of drug-likeness (QED) is 0.814. The van der Waals surface area contributed by atoms with E-state index in [9.17, 15) is 0 Å². The Labute approximate surface area is 105 Å². The molecular weight excluding hydrogens is 238 g/mol. The molecule has 0 radical (unpaired) electrons. The number of hydrogen-bond donors (Lipinski definition) is 2. The summed E-state index contributed by atoms with van der Waals surface area (Å²) in [5.41, 5.74) is 5.83. The molecule has 3 N–H and O–H groups in total. The van der Waals surface area contributed by atoms with Crippen LogP contribution < -0.4 is 11.1 Å². The lowest BCUT2D eigenvalue weighted by molar-refractivity contribution is 0.350. The molecule has 2 rings (SSSR count). The van der Waals surface area contributed by atoms with E-state index in [4.69, 9.17) is 5.73 Å². The van der Waals surface area contributed by atoms with Crippen molar-refractivity contribution in [3.05, 3.63) is 0 Å². The summed E-state index contributed by atoms with van der Waals surface area (Å²) < 4.78 is 4.21. The normalized spacial score (nSPS) is 25.6. The molecule has 1 aliphatic carbocycles. The number of nitrogen functional groups attached to an aromatic ring is 1. The molecule has 2 atom stereocenters. The smallest absolute Gasteiger partial charge is 0.153 e. The van der Waals surface area contributed by atoms with Crippen molar-refractivity contribution < 1.29 is 0 Å². The molecule has 1 saturated carbocycles. The SMILES string of the molecule is CSc1c(N)nsc1NC1CCCCC1C. The molecule has 0 amide bonds. The van der Waals surface area contributed by atoms with E-state index in [0.717, 1.165) is 15.8 Å². The number of aromatic nitrogens is 1. The monoisotopic (exact) mass is 257 g/mol. The van der Waals surface area contributed by atoms with Gasteiger partial charge >= 0.3 is 0 Å². The Kier molecular flexibility index (Phi) is 3.97. The summed E-state index contributed by atoms with van der Waals surface area (Å²) in [5.74, 6) is 1.43. The average molecular weight is 257 g/mol. The maximum absolute atomic E-state index is 5.83. The van der Waals surface area contributed by atoms with E-state index >= 15 is 0 Å². The number of rotatable bonds is 3. The van der Waals surface area contributed by atoms with Crippen molar-refractivity contribution in [2.75, 3.05) is 17.3 Å². The summed E-state index contributed by atoms with van der Waals surface area (Å²) in [7, 11) is 0. The molecule has 2 unspecified atom stereocenters. The first-order valence-electron chi connectivity index (χ1n) is 5.78.